The monoisotopic (exact) mass is 539 g/mol. The molecule has 0 amide bonds. The Kier molecular flexibility index (Phi) is 7.45. The van der Waals surface area contributed by atoms with Crippen molar-refractivity contribution in [2.45, 2.75) is 11.8 Å². The summed E-state index contributed by atoms with van der Waals surface area (Å²) >= 11 is 2.13. The molecule has 0 saturated heterocycles. The number of benzene rings is 2. The van der Waals surface area contributed by atoms with Gasteiger partial charge in [-0.2, -0.15) is 4.98 Å². The summed E-state index contributed by atoms with van der Waals surface area (Å²) in [6.45, 7) is 2.41. The van der Waals surface area contributed by atoms with Crippen molar-refractivity contribution >= 4 is 50.1 Å². The number of nitrogens with zero attached hydrogens (tertiary/aromatic N) is 2. The molecular weight excluding hydrogens is 517 g/mol. The third-order valence-electron chi connectivity index (χ3n) is 4.04. The molecule has 0 aliphatic carbocycles. The van der Waals surface area contributed by atoms with Gasteiger partial charge in [0.25, 0.3) is 0 Å². The number of halogens is 1. The van der Waals surface area contributed by atoms with E-state index in [9.17, 15) is 8.42 Å². The van der Waals surface area contributed by atoms with Crippen LogP contribution in [0.5, 0.6) is 5.75 Å². The van der Waals surface area contributed by atoms with Gasteiger partial charge in [0.1, 0.15) is 11.6 Å². The first-order chi connectivity index (χ1) is 14.4. The molecule has 3 rings (SSSR count). The van der Waals surface area contributed by atoms with Gasteiger partial charge >= 0.3 is 0 Å². The molecule has 0 fully saturated rings. The quantitative estimate of drug-likeness (QED) is 0.282. The van der Waals surface area contributed by atoms with E-state index in [1.807, 2.05) is 37.3 Å². The summed E-state index contributed by atoms with van der Waals surface area (Å²) in [4.78, 5) is 9.01. The molecule has 0 radical (unpaired) electrons. The van der Waals surface area contributed by atoms with E-state index in [1.165, 1.54) is 0 Å². The highest BCUT2D eigenvalue weighted by Gasteiger charge is 2.13. The van der Waals surface area contributed by atoms with Crippen molar-refractivity contribution in [1.82, 2.24) is 14.7 Å². The number of hydrogen-bond donors (Lipinski definition) is 3. The number of nitrogens with one attached hydrogen (secondary N) is 3. The van der Waals surface area contributed by atoms with Crippen LogP contribution in [0, 0.1) is 10.5 Å². The zero-order valence-electron chi connectivity index (χ0n) is 16.5. The zero-order chi connectivity index (χ0) is 21.6. The van der Waals surface area contributed by atoms with Gasteiger partial charge in [-0.05, 0) is 78.0 Å². The van der Waals surface area contributed by atoms with Crippen LogP contribution in [0.2, 0.25) is 0 Å². The maximum Gasteiger partial charge on any atom is 0.240 e. The lowest BCUT2D eigenvalue weighted by molar-refractivity contribution is 0.415. The van der Waals surface area contributed by atoms with E-state index in [0.717, 1.165) is 20.7 Å². The molecule has 3 aromatic rings. The van der Waals surface area contributed by atoms with Crippen LogP contribution in [0.1, 0.15) is 5.69 Å². The number of aromatic nitrogens is 2. The lowest BCUT2D eigenvalue weighted by Gasteiger charge is -2.11. The summed E-state index contributed by atoms with van der Waals surface area (Å²) in [6, 6.07) is 16.0. The van der Waals surface area contributed by atoms with Gasteiger partial charge in [0, 0.05) is 34.1 Å². The van der Waals surface area contributed by atoms with Crippen LogP contribution in [-0.2, 0) is 10.0 Å². The minimum absolute atomic E-state index is 0.201. The Morgan fingerprint density at radius 3 is 2.37 bits per heavy atom. The topological polar surface area (TPSA) is 105 Å². The minimum Gasteiger partial charge on any atom is -0.497 e. The fourth-order valence-electron chi connectivity index (χ4n) is 2.59. The predicted octanol–water partition coefficient (Wildman–Crippen LogP) is 3.53. The van der Waals surface area contributed by atoms with E-state index < -0.39 is 10.0 Å². The molecule has 0 bridgehead atoms. The lowest BCUT2D eigenvalue weighted by atomic mass is 10.3. The van der Waals surface area contributed by atoms with Crippen LogP contribution in [0.25, 0.3) is 0 Å². The van der Waals surface area contributed by atoms with Gasteiger partial charge < -0.3 is 15.4 Å². The summed E-state index contributed by atoms with van der Waals surface area (Å²) in [6.07, 6.45) is 0. The molecule has 0 saturated carbocycles. The Balaban J connectivity index is 1.57. The van der Waals surface area contributed by atoms with E-state index >= 15 is 0 Å². The average molecular weight is 539 g/mol. The number of rotatable bonds is 9. The second-order valence-corrected chi connectivity index (χ2v) is 9.36. The van der Waals surface area contributed by atoms with Crippen molar-refractivity contribution in [3.8, 4) is 5.75 Å². The highest BCUT2D eigenvalue weighted by Crippen LogP contribution is 2.20. The number of anilines is 3. The molecular formula is C20H22IN5O3S. The molecule has 158 valence electrons. The summed E-state index contributed by atoms with van der Waals surface area (Å²) < 4.78 is 33.3. The van der Waals surface area contributed by atoms with Gasteiger partial charge in [-0.1, -0.05) is 0 Å². The average Bonchev–Trinajstić information content (AvgIpc) is 2.72. The molecule has 1 aromatic heterocycles. The molecule has 0 unspecified atom stereocenters. The molecule has 30 heavy (non-hydrogen) atoms. The number of aryl methyl sites for hydroxylation is 1. The van der Waals surface area contributed by atoms with E-state index in [1.54, 1.807) is 31.4 Å². The lowest BCUT2D eigenvalue weighted by Crippen LogP contribution is -2.29. The molecule has 2 aromatic carbocycles. The molecule has 3 N–H and O–H groups in total. The first-order valence-electron chi connectivity index (χ1n) is 9.11. The van der Waals surface area contributed by atoms with Crippen molar-refractivity contribution in [1.29, 1.82) is 0 Å². The van der Waals surface area contributed by atoms with Gasteiger partial charge in [0.2, 0.25) is 16.0 Å². The molecule has 0 aliphatic rings. The SMILES string of the molecule is COc1ccc(Nc2cc(C)nc(NCCNS(=O)(=O)c3ccc(I)cc3)n2)cc1. The molecule has 0 atom stereocenters. The Bertz CT molecular complexity index is 1090. The normalized spacial score (nSPS) is 11.2. The van der Waals surface area contributed by atoms with Crippen LogP contribution < -0.4 is 20.1 Å². The third kappa shape index (κ3) is 6.28. The van der Waals surface area contributed by atoms with E-state index in [0.29, 0.717) is 18.3 Å². The van der Waals surface area contributed by atoms with Gasteiger partial charge in [-0.3, -0.25) is 0 Å². The smallest absolute Gasteiger partial charge is 0.240 e. The van der Waals surface area contributed by atoms with Crippen molar-refractivity contribution in [2.24, 2.45) is 0 Å². The number of hydrogen-bond acceptors (Lipinski definition) is 7. The van der Waals surface area contributed by atoms with Crippen LogP contribution in [0.3, 0.4) is 0 Å². The van der Waals surface area contributed by atoms with Crippen molar-refractivity contribution < 1.29 is 13.2 Å². The van der Waals surface area contributed by atoms with Crippen LogP contribution in [-0.4, -0.2) is 38.6 Å². The van der Waals surface area contributed by atoms with Gasteiger partial charge in [-0.25, -0.2) is 18.1 Å². The van der Waals surface area contributed by atoms with Gasteiger partial charge in [-0.15, -0.1) is 0 Å². The van der Waals surface area contributed by atoms with Gasteiger partial charge in [0.05, 0.1) is 12.0 Å². The van der Waals surface area contributed by atoms with Crippen molar-refractivity contribution in [3.63, 3.8) is 0 Å². The van der Waals surface area contributed by atoms with Gasteiger partial charge in [0.15, 0.2) is 0 Å². The summed E-state index contributed by atoms with van der Waals surface area (Å²) in [5.41, 5.74) is 1.65. The molecule has 0 aliphatic heterocycles. The maximum absolute atomic E-state index is 12.3. The van der Waals surface area contributed by atoms with Crippen molar-refractivity contribution in [3.05, 3.63) is 63.9 Å². The van der Waals surface area contributed by atoms with Crippen LogP contribution in [0.4, 0.5) is 17.5 Å². The minimum atomic E-state index is -3.55. The zero-order valence-corrected chi connectivity index (χ0v) is 19.5. The summed E-state index contributed by atoms with van der Waals surface area (Å²) in [7, 11) is -1.93. The third-order valence-corrected chi connectivity index (χ3v) is 6.24. The van der Waals surface area contributed by atoms with Crippen LogP contribution in [0.15, 0.2) is 59.5 Å². The first kappa shape index (κ1) is 22.2. The molecule has 0 spiro atoms. The maximum atomic E-state index is 12.3. The Morgan fingerprint density at radius 1 is 1.00 bits per heavy atom. The Hall–Kier alpha value is -2.44. The molecule has 10 heteroatoms. The van der Waals surface area contributed by atoms with Crippen LogP contribution >= 0.6 is 22.6 Å². The number of sulfonamides is 1. The second kappa shape index (κ2) is 10.0. The fourth-order valence-corrected chi connectivity index (χ4v) is 3.98. The van der Waals surface area contributed by atoms with Crippen molar-refractivity contribution in [2.75, 3.05) is 30.8 Å². The number of methoxy groups -OCH3 is 1. The molecule has 1 heterocycles. The predicted molar refractivity (Wildman–Crippen MR) is 126 cm³/mol. The summed E-state index contributed by atoms with van der Waals surface area (Å²) in [5.74, 6) is 1.82. The van der Waals surface area contributed by atoms with E-state index in [-0.39, 0.29) is 11.4 Å². The standard InChI is InChI=1S/C20H22IN5O3S/c1-14-13-19(25-16-5-7-17(29-2)8-6-16)26-20(24-14)22-11-12-23-30(27,28)18-9-3-15(21)4-10-18/h3-10,13,23H,11-12H2,1-2H3,(H2,22,24,25,26). The Labute approximate surface area is 189 Å². The number of ether oxygens (including phenoxy) is 1. The first-order valence-corrected chi connectivity index (χ1v) is 11.7. The highest BCUT2D eigenvalue weighted by atomic mass is 127. The van der Waals surface area contributed by atoms with E-state index in [2.05, 4.69) is 47.9 Å². The highest BCUT2D eigenvalue weighted by molar-refractivity contribution is 14.1. The largest absolute Gasteiger partial charge is 0.497 e. The Morgan fingerprint density at radius 2 is 1.70 bits per heavy atom. The second-order valence-electron chi connectivity index (χ2n) is 6.35. The molecule has 8 nitrogen and oxygen atoms in total. The summed E-state index contributed by atoms with van der Waals surface area (Å²) in [5, 5.41) is 6.27. The fraction of sp³-hybridized carbons (Fsp3) is 0.200. The van der Waals surface area contributed by atoms with E-state index in [4.69, 9.17) is 4.74 Å².